The Morgan fingerprint density at radius 3 is 1.04 bits per heavy atom. The third kappa shape index (κ3) is 25.0. The standard InChI is InChI=1S/C43H84N2/c1-5-8-11-14-16-18-20-22-24-26-28-31-34-37-42(38-35-32-29-27-25-23-21-19-17-15-12-9-6-2)43-44-39-40-45(43)41(4)36-33-30-13-10-7-3/h39-42H,5-38H2,1-4H3/p+1. The highest BCUT2D eigenvalue weighted by Gasteiger charge is 2.25. The third-order valence-corrected chi connectivity index (χ3v) is 10.6. The number of aromatic nitrogens is 2. The van der Waals surface area contributed by atoms with Crippen molar-refractivity contribution < 1.29 is 4.57 Å². The number of nitrogens with zero attached hydrogens (tertiary/aromatic N) is 1. The lowest BCUT2D eigenvalue weighted by molar-refractivity contribution is -0.727. The number of imidazole rings is 1. The van der Waals surface area contributed by atoms with E-state index in [2.05, 4.69) is 49.6 Å². The van der Waals surface area contributed by atoms with Crippen molar-refractivity contribution in [1.82, 2.24) is 4.98 Å². The molecule has 0 saturated carbocycles. The molecule has 1 aromatic rings. The summed E-state index contributed by atoms with van der Waals surface area (Å²) in [5.41, 5.74) is 0. The molecule has 45 heavy (non-hydrogen) atoms. The van der Waals surface area contributed by atoms with Crippen LogP contribution in [-0.4, -0.2) is 4.98 Å². The van der Waals surface area contributed by atoms with Crippen molar-refractivity contribution in [1.29, 1.82) is 0 Å². The number of unbranched alkanes of at least 4 members (excludes halogenated alkanes) is 28. The van der Waals surface area contributed by atoms with E-state index in [1.165, 1.54) is 224 Å². The first kappa shape index (κ1) is 42.2. The van der Waals surface area contributed by atoms with Crippen molar-refractivity contribution in [2.45, 2.75) is 258 Å². The van der Waals surface area contributed by atoms with Gasteiger partial charge in [-0.05, 0) is 32.6 Å². The summed E-state index contributed by atoms with van der Waals surface area (Å²) in [6, 6.07) is 0.619. The normalized spacial score (nSPS) is 12.5. The fourth-order valence-corrected chi connectivity index (χ4v) is 7.49. The topological polar surface area (TPSA) is 19.7 Å². The highest BCUT2D eigenvalue weighted by atomic mass is 15.1. The summed E-state index contributed by atoms with van der Waals surface area (Å²) in [6.45, 7) is 9.41. The number of aromatic amines is 1. The van der Waals surface area contributed by atoms with Gasteiger partial charge >= 0.3 is 0 Å². The molecule has 0 aliphatic heterocycles. The lowest BCUT2D eigenvalue weighted by Crippen LogP contribution is -2.41. The van der Waals surface area contributed by atoms with Crippen LogP contribution in [-0.2, 0) is 0 Å². The molecular formula is C43H85N2+. The molecule has 1 heterocycles. The van der Waals surface area contributed by atoms with Crippen LogP contribution < -0.4 is 4.57 Å². The number of H-pyrrole nitrogens is 1. The van der Waals surface area contributed by atoms with Crippen molar-refractivity contribution in [3.05, 3.63) is 18.2 Å². The molecule has 0 fully saturated rings. The zero-order valence-corrected chi connectivity index (χ0v) is 31.8. The van der Waals surface area contributed by atoms with E-state index >= 15 is 0 Å². The lowest BCUT2D eigenvalue weighted by Gasteiger charge is -2.17. The Balaban J connectivity index is 2.36. The molecule has 0 aromatic carbocycles. The van der Waals surface area contributed by atoms with Crippen LogP contribution >= 0.6 is 0 Å². The first-order valence-corrected chi connectivity index (χ1v) is 21.3. The van der Waals surface area contributed by atoms with Gasteiger partial charge in [0, 0.05) is 0 Å². The molecule has 266 valence electrons. The minimum Gasteiger partial charge on any atom is -0.247 e. The molecule has 1 unspecified atom stereocenters. The summed E-state index contributed by atoms with van der Waals surface area (Å²) in [4.78, 5) is 3.75. The van der Waals surface area contributed by atoms with Crippen molar-refractivity contribution >= 4 is 0 Å². The van der Waals surface area contributed by atoms with Crippen molar-refractivity contribution in [3.8, 4) is 0 Å². The predicted octanol–water partition coefficient (Wildman–Crippen LogP) is 15.3. The van der Waals surface area contributed by atoms with Crippen LogP contribution in [0.25, 0.3) is 0 Å². The number of rotatable bonds is 36. The highest BCUT2D eigenvalue weighted by molar-refractivity contribution is 4.90. The average molecular weight is 630 g/mol. The molecule has 0 saturated heterocycles. The van der Waals surface area contributed by atoms with Crippen LogP contribution in [0.5, 0.6) is 0 Å². The van der Waals surface area contributed by atoms with Crippen molar-refractivity contribution in [3.63, 3.8) is 0 Å². The van der Waals surface area contributed by atoms with Gasteiger partial charge in [-0.1, -0.05) is 213 Å². The first-order chi connectivity index (χ1) is 22.2. The Hall–Kier alpha value is -0.790. The van der Waals surface area contributed by atoms with E-state index in [9.17, 15) is 0 Å². The second-order valence-electron chi connectivity index (χ2n) is 15.1. The molecule has 0 radical (unpaired) electrons. The maximum absolute atomic E-state index is 3.75. The fraction of sp³-hybridized carbons (Fsp3) is 0.930. The number of nitrogens with one attached hydrogen (secondary N) is 1. The van der Waals surface area contributed by atoms with Gasteiger partial charge in [0.15, 0.2) is 0 Å². The van der Waals surface area contributed by atoms with Gasteiger partial charge in [-0.15, -0.1) is 0 Å². The smallest absolute Gasteiger partial charge is 0.247 e. The highest BCUT2D eigenvalue weighted by Crippen LogP contribution is 2.27. The summed E-state index contributed by atoms with van der Waals surface area (Å²) in [5, 5.41) is 0. The van der Waals surface area contributed by atoms with Gasteiger partial charge in [0.25, 0.3) is 5.82 Å². The molecule has 2 heteroatoms. The molecule has 1 rings (SSSR count). The Kier molecular flexibility index (Phi) is 31.1. The van der Waals surface area contributed by atoms with Gasteiger partial charge < -0.3 is 0 Å². The molecular weight excluding hydrogens is 544 g/mol. The van der Waals surface area contributed by atoms with Crippen LogP contribution in [0.15, 0.2) is 12.4 Å². The van der Waals surface area contributed by atoms with Gasteiger partial charge in [-0.25, -0.2) is 9.55 Å². The summed E-state index contributed by atoms with van der Waals surface area (Å²) in [6.07, 6.45) is 53.2. The molecule has 0 amide bonds. The molecule has 2 nitrogen and oxygen atoms in total. The van der Waals surface area contributed by atoms with Gasteiger partial charge in [0.1, 0.15) is 12.4 Å². The Labute approximate surface area is 285 Å². The predicted molar refractivity (Wildman–Crippen MR) is 202 cm³/mol. The monoisotopic (exact) mass is 630 g/mol. The van der Waals surface area contributed by atoms with Crippen molar-refractivity contribution in [2.75, 3.05) is 0 Å². The van der Waals surface area contributed by atoms with Gasteiger partial charge in [-0.3, -0.25) is 0 Å². The van der Waals surface area contributed by atoms with E-state index in [0.717, 1.165) is 0 Å². The van der Waals surface area contributed by atoms with Crippen LogP contribution in [0.1, 0.15) is 264 Å². The molecule has 0 spiro atoms. The van der Waals surface area contributed by atoms with Gasteiger partial charge in [-0.2, -0.15) is 0 Å². The minimum absolute atomic E-state index is 0.619. The van der Waals surface area contributed by atoms with Crippen LogP contribution in [0.2, 0.25) is 0 Å². The van der Waals surface area contributed by atoms with E-state index < -0.39 is 0 Å². The molecule has 1 atom stereocenters. The molecule has 1 N–H and O–H groups in total. The molecule has 1 aromatic heterocycles. The quantitative estimate of drug-likeness (QED) is 0.0563. The molecule has 0 aliphatic carbocycles. The zero-order chi connectivity index (χ0) is 32.5. The molecule has 0 bridgehead atoms. The maximum Gasteiger partial charge on any atom is 0.257 e. The largest absolute Gasteiger partial charge is 0.257 e. The van der Waals surface area contributed by atoms with E-state index in [1.54, 1.807) is 0 Å². The Morgan fingerprint density at radius 1 is 0.422 bits per heavy atom. The molecule has 0 aliphatic rings. The minimum atomic E-state index is 0.619. The number of hydrogen-bond donors (Lipinski definition) is 1. The second kappa shape index (κ2) is 33.1. The van der Waals surface area contributed by atoms with Crippen molar-refractivity contribution in [2.24, 2.45) is 0 Å². The lowest BCUT2D eigenvalue weighted by atomic mass is 9.92. The Bertz CT molecular complexity index is 664. The van der Waals surface area contributed by atoms with Crippen LogP contribution in [0, 0.1) is 0 Å². The summed E-state index contributed by atoms with van der Waals surface area (Å²) in [7, 11) is 0. The number of hydrogen-bond acceptors (Lipinski definition) is 0. The average Bonchev–Trinajstić information content (AvgIpc) is 3.54. The first-order valence-electron chi connectivity index (χ1n) is 21.3. The van der Waals surface area contributed by atoms with Crippen LogP contribution in [0.3, 0.4) is 0 Å². The van der Waals surface area contributed by atoms with E-state index in [4.69, 9.17) is 0 Å². The second-order valence-corrected chi connectivity index (χ2v) is 15.1. The van der Waals surface area contributed by atoms with Crippen LogP contribution in [0.4, 0.5) is 0 Å². The zero-order valence-electron chi connectivity index (χ0n) is 31.8. The summed E-state index contributed by atoms with van der Waals surface area (Å²) in [5.74, 6) is 2.25. The third-order valence-electron chi connectivity index (χ3n) is 10.6. The van der Waals surface area contributed by atoms with Gasteiger partial charge in [0.05, 0.1) is 12.0 Å². The maximum atomic E-state index is 3.75. The van der Waals surface area contributed by atoms with E-state index in [0.29, 0.717) is 12.0 Å². The SMILES string of the molecule is CCCCCCCCCCCCCCCC(CCCCCCCCCCCCCCC)c1[nH]cc[n+]1C(C)CCCCCCC. The fourth-order valence-electron chi connectivity index (χ4n) is 7.49. The van der Waals surface area contributed by atoms with Gasteiger partial charge in [0.2, 0.25) is 0 Å². The van der Waals surface area contributed by atoms with E-state index in [-0.39, 0.29) is 0 Å². The Morgan fingerprint density at radius 2 is 0.711 bits per heavy atom. The summed E-state index contributed by atoms with van der Waals surface area (Å²) >= 11 is 0. The van der Waals surface area contributed by atoms with E-state index in [1.807, 2.05) is 0 Å². The summed E-state index contributed by atoms with van der Waals surface area (Å²) < 4.78 is 2.63.